The van der Waals surface area contributed by atoms with Gasteiger partial charge in [0.15, 0.2) is 5.11 Å². The molecule has 5 rings (SSSR count). The number of carboxylic acids is 1. The average Bonchev–Trinajstić information content (AvgIpc) is 3.45. The molecule has 0 bridgehead atoms. The van der Waals surface area contributed by atoms with E-state index in [0.717, 1.165) is 22.6 Å². The molecule has 33 heavy (non-hydrogen) atoms. The van der Waals surface area contributed by atoms with Crippen molar-refractivity contribution in [3.05, 3.63) is 108 Å². The van der Waals surface area contributed by atoms with Gasteiger partial charge < -0.3 is 19.7 Å². The molecule has 2 atom stereocenters. The molecule has 1 aliphatic heterocycles. The molecule has 1 aliphatic rings. The Bertz CT molecular complexity index is 1280. The Kier molecular flexibility index (Phi) is 5.58. The van der Waals surface area contributed by atoms with Crippen LogP contribution in [0.5, 0.6) is 0 Å². The second-order valence-electron chi connectivity index (χ2n) is 7.70. The van der Waals surface area contributed by atoms with Crippen molar-refractivity contribution in [2.45, 2.75) is 18.6 Å². The van der Waals surface area contributed by atoms with E-state index in [1.807, 2.05) is 48.7 Å². The normalized spacial score (nSPS) is 17.7. The molecule has 1 saturated heterocycles. The summed E-state index contributed by atoms with van der Waals surface area (Å²) < 4.78 is 6.29. The summed E-state index contributed by atoms with van der Waals surface area (Å²) in [5.74, 6) is 0.427. The summed E-state index contributed by atoms with van der Waals surface area (Å²) >= 11 is 5.70. The predicted octanol–water partition coefficient (Wildman–Crippen LogP) is 4.61. The highest BCUT2D eigenvalue weighted by Crippen LogP contribution is 2.41. The van der Waals surface area contributed by atoms with Gasteiger partial charge in [0.1, 0.15) is 17.6 Å². The largest absolute Gasteiger partial charge is 0.478 e. The molecule has 0 amide bonds. The Morgan fingerprint density at radius 1 is 1.06 bits per heavy atom. The number of aromatic carboxylic acids is 1. The first-order valence-electron chi connectivity index (χ1n) is 10.4. The highest BCUT2D eigenvalue weighted by Gasteiger charge is 2.41. The van der Waals surface area contributed by atoms with E-state index in [1.54, 1.807) is 36.7 Å². The smallest absolute Gasteiger partial charge is 0.335 e. The van der Waals surface area contributed by atoms with Gasteiger partial charge in [0.05, 0.1) is 17.3 Å². The Balaban J connectivity index is 1.51. The first kappa shape index (κ1) is 20.8. The zero-order valence-corrected chi connectivity index (χ0v) is 18.3. The molecule has 3 aromatic heterocycles. The maximum atomic E-state index is 11.2. The third kappa shape index (κ3) is 4.20. The average molecular weight is 457 g/mol. The molecule has 0 radical (unpaired) electrons. The van der Waals surface area contributed by atoms with Crippen molar-refractivity contribution < 1.29 is 14.3 Å². The molecule has 0 spiro atoms. The molecule has 4 aromatic rings. The summed E-state index contributed by atoms with van der Waals surface area (Å²) in [5, 5.41) is 13.2. The van der Waals surface area contributed by atoms with Gasteiger partial charge in [-0.25, -0.2) is 4.79 Å². The second-order valence-corrected chi connectivity index (χ2v) is 8.09. The van der Waals surface area contributed by atoms with E-state index in [1.165, 1.54) is 0 Å². The third-order valence-electron chi connectivity index (χ3n) is 5.61. The molecular weight excluding hydrogens is 436 g/mol. The third-order valence-corrected chi connectivity index (χ3v) is 5.96. The zero-order chi connectivity index (χ0) is 22.8. The molecule has 0 saturated carbocycles. The molecule has 8 heteroatoms. The van der Waals surface area contributed by atoms with Gasteiger partial charge in [0.25, 0.3) is 0 Å². The lowest BCUT2D eigenvalue weighted by atomic mass is 10.0. The van der Waals surface area contributed by atoms with Crippen LogP contribution in [0, 0.1) is 0 Å². The van der Waals surface area contributed by atoms with E-state index in [4.69, 9.17) is 21.7 Å². The number of rotatable bonds is 6. The lowest BCUT2D eigenvalue weighted by Gasteiger charge is -2.26. The summed E-state index contributed by atoms with van der Waals surface area (Å²) in [4.78, 5) is 22.0. The van der Waals surface area contributed by atoms with E-state index in [9.17, 15) is 4.79 Å². The topological polar surface area (TPSA) is 91.5 Å². The highest BCUT2D eigenvalue weighted by molar-refractivity contribution is 7.80. The van der Waals surface area contributed by atoms with Crippen molar-refractivity contribution in [3.63, 3.8) is 0 Å². The minimum atomic E-state index is -0.962. The predicted molar refractivity (Wildman–Crippen MR) is 126 cm³/mol. The Hall–Kier alpha value is -4.04. The fourth-order valence-corrected chi connectivity index (χ4v) is 4.32. The fraction of sp³-hybridized carbons (Fsp3) is 0.120. The summed E-state index contributed by atoms with van der Waals surface area (Å²) in [6.45, 7) is 0.566. The molecule has 4 heterocycles. The van der Waals surface area contributed by atoms with E-state index < -0.39 is 5.97 Å². The zero-order valence-electron chi connectivity index (χ0n) is 17.5. The molecule has 1 aromatic carbocycles. The number of thiocarbonyl (C=S) groups is 1. The van der Waals surface area contributed by atoms with Crippen LogP contribution in [-0.2, 0) is 6.54 Å². The van der Waals surface area contributed by atoms with Crippen LogP contribution in [0.3, 0.4) is 0 Å². The minimum absolute atomic E-state index is 0.191. The number of hydrogen-bond acceptors (Lipinski definition) is 5. The molecule has 2 N–H and O–H groups in total. The summed E-state index contributed by atoms with van der Waals surface area (Å²) in [5.41, 5.74) is 2.92. The molecule has 7 nitrogen and oxygen atoms in total. The van der Waals surface area contributed by atoms with Crippen molar-refractivity contribution >= 4 is 23.3 Å². The van der Waals surface area contributed by atoms with Crippen LogP contribution in [0.2, 0.25) is 0 Å². The quantitative estimate of drug-likeness (QED) is 0.407. The van der Waals surface area contributed by atoms with E-state index in [2.05, 4.69) is 20.2 Å². The maximum Gasteiger partial charge on any atom is 0.335 e. The molecule has 0 aliphatic carbocycles. The number of furan rings is 1. The Morgan fingerprint density at radius 3 is 2.61 bits per heavy atom. The number of nitrogens with zero attached hydrogens (tertiary/aromatic N) is 3. The lowest BCUT2D eigenvalue weighted by Crippen LogP contribution is -2.29. The number of hydrogen-bond donors (Lipinski definition) is 2. The number of pyridine rings is 2. The highest BCUT2D eigenvalue weighted by atomic mass is 32.1. The lowest BCUT2D eigenvalue weighted by molar-refractivity contribution is 0.0697. The molecule has 1 fully saturated rings. The number of benzene rings is 1. The Labute approximate surface area is 195 Å². The standard InChI is InChI=1S/C25H20N4O3S/c30-24(31)18-8-6-17(7-9-18)20-10-11-21(32-20)23-22(19-5-1-2-13-27-19)28-25(33)29(23)15-16-4-3-12-26-14-16/h1-14,22-23H,15H2,(H,28,33)(H,30,31). The number of carbonyl (C=O) groups is 1. The van der Waals surface area contributed by atoms with E-state index in [-0.39, 0.29) is 17.6 Å². The second kappa shape index (κ2) is 8.84. The van der Waals surface area contributed by atoms with E-state index >= 15 is 0 Å². The number of nitrogens with one attached hydrogen (secondary N) is 1. The van der Waals surface area contributed by atoms with Gasteiger partial charge in [-0.1, -0.05) is 24.3 Å². The van der Waals surface area contributed by atoms with Crippen molar-refractivity contribution in [3.8, 4) is 11.3 Å². The van der Waals surface area contributed by atoms with Crippen LogP contribution in [-0.4, -0.2) is 31.1 Å². The summed E-state index contributed by atoms with van der Waals surface area (Å²) in [6, 6.07) is 19.7. The van der Waals surface area contributed by atoms with Gasteiger partial charge in [0.2, 0.25) is 0 Å². The Morgan fingerprint density at radius 2 is 1.91 bits per heavy atom. The minimum Gasteiger partial charge on any atom is -0.478 e. The van der Waals surface area contributed by atoms with Crippen LogP contribution in [0.1, 0.15) is 39.5 Å². The molecule has 2 unspecified atom stereocenters. The summed E-state index contributed by atoms with van der Waals surface area (Å²) in [7, 11) is 0. The van der Waals surface area contributed by atoms with Crippen LogP contribution >= 0.6 is 12.2 Å². The van der Waals surface area contributed by atoms with Crippen molar-refractivity contribution in [2.24, 2.45) is 0 Å². The first-order valence-corrected chi connectivity index (χ1v) is 10.8. The van der Waals surface area contributed by atoms with E-state index in [0.29, 0.717) is 17.4 Å². The van der Waals surface area contributed by atoms with Gasteiger partial charge in [-0.15, -0.1) is 0 Å². The number of aromatic nitrogens is 2. The van der Waals surface area contributed by atoms with Gasteiger partial charge in [-0.3, -0.25) is 9.97 Å². The van der Waals surface area contributed by atoms with Gasteiger partial charge in [-0.2, -0.15) is 0 Å². The van der Waals surface area contributed by atoms with Crippen LogP contribution in [0.15, 0.2) is 89.7 Å². The monoisotopic (exact) mass is 456 g/mol. The maximum absolute atomic E-state index is 11.2. The van der Waals surface area contributed by atoms with Gasteiger partial charge in [-0.05, 0) is 60.2 Å². The van der Waals surface area contributed by atoms with Crippen molar-refractivity contribution in [2.75, 3.05) is 0 Å². The fourth-order valence-electron chi connectivity index (χ4n) is 4.02. The molecular formula is C25H20N4O3S. The number of carboxylic acid groups (broad SMARTS) is 1. The van der Waals surface area contributed by atoms with Gasteiger partial charge >= 0.3 is 5.97 Å². The van der Waals surface area contributed by atoms with Crippen LogP contribution in [0.25, 0.3) is 11.3 Å². The van der Waals surface area contributed by atoms with Crippen LogP contribution in [0.4, 0.5) is 0 Å². The SMILES string of the molecule is O=C(O)c1ccc(-c2ccc(C3C(c4ccccn4)NC(=S)N3Cc3cccnc3)o2)cc1. The molecule has 164 valence electrons. The first-order chi connectivity index (χ1) is 16.1. The summed E-state index contributed by atoms with van der Waals surface area (Å²) in [6.07, 6.45) is 5.33. The van der Waals surface area contributed by atoms with Gasteiger partial charge in [0, 0.05) is 30.7 Å². The van der Waals surface area contributed by atoms with Crippen molar-refractivity contribution in [1.82, 2.24) is 20.2 Å². The van der Waals surface area contributed by atoms with Crippen LogP contribution < -0.4 is 5.32 Å². The van der Waals surface area contributed by atoms with Crippen molar-refractivity contribution in [1.29, 1.82) is 0 Å².